The second-order valence-electron chi connectivity index (χ2n) is 9.08. The third-order valence-corrected chi connectivity index (χ3v) is 7.42. The van der Waals surface area contributed by atoms with Crippen molar-refractivity contribution < 1.29 is 19.0 Å². The smallest absolute Gasteiger partial charge is 0.233 e. The summed E-state index contributed by atoms with van der Waals surface area (Å²) in [5, 5.41) is 0. The average Bonchev–Trinajstić information content (AvgIpc) is 3.07. The van der Waals surface area contributed by atoms with Crippen LogP contribution in [0.15, 0.2) is 24.3 Å². The minimum Gasteiger partial charge on any atom is -0.497 e. The number of ether oxygens (including phenoxy) is 3. The number of methoxy groups -OCH3 is 1. The SMILES string of the molecule is COc1ccc(C2(C(=O)N3CCOC4(CCOC4)C3)CC3(CCC3)C2)cc1. The first kappa shape index (κ1) is 17.5. The van der Waals surface area contributed by atoms with Crippen molar-refractivity contribution in [3.05, 3.63) is 29.8 Å². The van der Waals surface area contributed by atoms with Crippen molar-refractivity contribution in [2.45, 2.75) is 49.5 Å². The highest BCUT2D eigenvalue weighted by atomic mass is 16.6. The summed E-state index contributed by atoms with van der Waals surface area (Å²) in [6, 6.07) is 8.16. The Morgan fingerprint density at radius 1 is 1.11 bits per heavy atom. The van der Waals surface area contributed by atoms with E-state index >= 15 is 0 Å². The lowest BCUT2D eigenvalue weighted by atomic mass is 9.43. The third-order valence-electron chi connectivity index (χ3n) is 7.42. The van der Waals surface area contributed by atoms with Crippen LogP contribution in [0.1, 0.15) is 44.1 Å². The number of hydrogen-bond acceptors (Lipinski definition) is 4. The van der Waals surface area contributed by atoms with Crippen LogP contribution in [0.5, 0.6) is 5.75 Å². The predicted molar refractivity (Wildman–Crippen MR) is 101 cm³/mol. The van der Waals surface area contributed by atoms with E-state index in [1.807, 2.05) is 12.1 Å². The molecule has 4 fully saturated rings. The van der Waals surface area contributed by atoms with Crippen molar-refractivity contribution in [3.8, 4) is 5.75 Å². The summed E-state index contributed by atoms with van der Waals surface area (Å²) in [5.41, 5.74) is 0.905. The first-order valence-corrected chi connectivity index (χ1v) is 10.2. The number of hydrogen-bond donors (Lipinski definition) is 0. The fourth-order valence-corrected chi connectivity index (χ4v) is 5.80. The highest BCUT2D eigenvalue weighted by Gasteiger charge is 2.62. The summed E-state index contributed by atoms with van der Waals surface area (Å²) in [7, 11) is 1.68. The summed E-state index contributed by atoms with van der Waals surface area (Å²) in [6.45, 7) is 3.30. The monoisotopic (exact) mass is 371 g/mol. The van der Waals surface area contributed by atoms with Gasteiger partial charge >= 0.3 is 0 Å². The molecule has 1 amide bonds. The van der Waals surface area contributed by atoms with Crippen molar-refractivity contribution in [3.63, 3.8) is 0 Å². The second-order valence-corrected chi connectivity index (χ2v) is 9.08. The van der Waals surface area contributed by atoms with E-state index in [1.165, 1.54) is 19.3 Å². The molecule has 1 aromatic rings. The molecule has 5 heteroatoms. The van der Waals surface area contributed by atoms with Gasteiger partial charge in [0, 0.05) is 19.6 Å². The fourth-order valence-electron chi connectivity index (χ4n) is 5.80. The van der Waals surface area contributed by atoms with E-state index in [4.69, 9.17) is 14.2 Å². The van der Waals surface area contributed by atoms with Gasteiger partial charge in [-0.3, -0.25) is 4.79 Å². The number of nitrogens with zero attached hydrogens (tertiary/aromatic N) is 1. The van der Waals surface area contributed by atoms with Crippen molar-refractivity contribution in [2.75, 3.05) is 40.0 Å². The zero-order valence-electron chi connectivity index (χ0n) is 16.2. The highest BCUT2D eigenvalue weighted by Crippen LogP contribution is 2.65. The maximum Gasteiger partial charge on any atom is 0.233 e. The Morgan fingerprint density at radius 3 is 2.48 bits per heavy atom. The van der Waals surface area contributed by atoms with E-state index in [2.05, 4.69) is 17.0 Å². The normalized spacial score (nSPS) is 30.8. The molecule has 2 spiro atoms. The van der Waals surface area contributed by atoms with E-state index in [1.54, 1.807) is 7.11 Å². The largest absolute Gasteiger partial charge is 0.497 e. The van der Waals surface area contributed by atoms with Gasteiger partial charge in [-0.2, -0.15) is 0 Å². The molecule has 1 aromatic carbocycles. The zero-order valence-corrected chi connectivity index (χ0v) is 16.2. The van der Waals surface area contributed by atoms with Gasteiger partial charge in [-0.25, -0.2) is 0 Å². The van der Waals surface area contributed by atoms with Gasteiger partial charge in [-0.05, 0) is 48.8 Å². The van der Waals surface area contributed by atoms with Crippen LogP contribution < -0.4 is 4.74 Å². The third kappa shape index (κ3) is 2.70. The highest BCUT2D eigenvalue weighted by molar-refractivity contribution is 5.90. The van der Waals surface area contributed by atoms with Gasteiger partial charge in [-0.1, -0.05) is 18.6 Å². The average molecular weight is 371 g/mol. The standard InChI is InChI=1S/C22H29NO4/c1-25-18-5-3-17(4-6-18)22(13-20(14-22)7-2-8-20)19(24)23-10-12-27-21(15-23)9-11-26-16-21/h3-6H,2,7-16H2,1H3. The summed E-state index contributed by atoms with van der Waals surface area (Å²) in [6.07, 6.45) is 6.73. The molecule has 5 rings (SSSR count). The molecule has 5 nitrogen and oxygen atoms in total. The second kappa shape index (κ2) is 6.21. The molecule has 2 heterocycles. The maximum atomic E-state index is 13.8. The van der Waals surface area contributed by atoms with E-state index in [9.17, 15) is 4.79 Å². The molecule has 2 saturated heterocycles. The summed E-state index contributed by atoms with van der Waals surface area (Å²) in [5.74, 6) is 1.13. The number of carbonyl (C=O) groups excluding carboxylic acids is 1. The van der Waals surface area contributed by atoms with Crippen LogP contribution in [0, 0.1) is 5.41 Å². The Morgan fingerprint density at radius 2 is 1.89 bits per heavy atom. The van der Waals surface area contributed by atoms with Crippen LogP contribution in [-0.4, -0.2) is 56.4 Å². The van der Waals surface area contributed by atoms with Crippen LogP contribution in [0.3, 0.4) is 0 Å². The Labute approximate surface area is 161 Å². The maximum absolute atomic E-state index is 13.8. The van der Waals surface area contributed by atoms with Crippen LogP contribution in [-0.2, 0) is 19.7 Å². The van der Waals surface area contributed by atoms with E-state index in [-0.39, 0.29) is 11.0 Å². The van der Waals surface area contributed by atoms with Crippen molar-refractivity contribution in [2.24, 2.45) is 5.41 Å². The van der Waals surface area contributed by atoms with Gasteiger partial charge in [-0.15, -0.1) is 0 Å². The Bertz CT molecular complexity index is 710. The molecular formula is C22H29NO4. The first-order chi connectivity index (χ1) is 13.1. The summed E-state index contributed by atoms with van der Waals surface area (Å²) >= 11 is 0. The molecule has 2 aliphatic carbocycles. The molecule has 146 valence electrons. The molecule has 0 N–H and O–H groups in total. The van der Waals surface area contributed by atoms with Gasteiger partial charge in [0.25, 0.3) is 0 Å². The minimum atomic E-state index is -0.370. The topological polar surface area (TPSA) is 48.0 Å². The van der Waals surface area contributed by atoms with E-state index in [0.717, 1.165) is 37.2 Å². The molecule has 2 aliphatic heterocycles. The molecule has 2 saturated carbocycles. The van der Waals surface area contributed by atoms with Crippen LogP contribution in [0.4, 0.5) is 0 Å². The van der Waals surface area contributed by atoms with Gasteiger partial charge in [0.05, 0.1) is 32.3 Å². The lowest BCUT2D eigenvalue weighted by Crippen LogP contribution is -2.64. The predicted octanol–water partition coefficient (Wildman–Crippen LogP) is 2.92. The number of benzene rings is 1. The lowest BCUT2D eigenvalue weighted by molar-refractivity contribution is -0.169. The van der Waals surface area contributed by atoms with Gasteiger partial charge in [0.15, 0.2) is 0 Å². The Balaban J connectivity index is 1.42. The van der Waals surface area contributed by atoms with Gasteiger partial charge < -0.3 is 19.1 Å². The molecule has 0 radical (unpaired) electrons. The number of rotatable bonds is 3. The van der Waals surface area contributed by atoms with Crippen LogP contribution in [0.25, 0.3) is 0 Å². The molecule has 27 heavy (non-hydrogen) atoms. The van der Waals surface area contributed by atoms with E-state index < -0.39 is 0 Å². The molecular weight excluding hydrogens is 342 g/mol. The fraction of sp³-hybridized carbons (Fsp3) is 0.682. The van der Waals surface area contributed by atoms with Crippen molar-refractivity contribution >= 4 is 5.91 Å². The van der Waals surface area contributed by atoms with Crippen molar-refractivity contribution in [1.82, 2.24) is 4.90 Å². The van der Waals surface area contributed by atoms with Crippen LogP contribution in [0.2, 0.25) is 0 Å². The number of carbonyl (C=O) groups is 1. The Kier molecular flexibility index (Phi) is 4.03. The van der Waals surface area contributed by atoms with Gasteiger partial charge in [0.2, 0.25) is 5.91 Å². The van der Waals surface area contributed by atoms with E-state index in [0.29, 0.717) is 37.6 Å². The van der Waals surface area contributed by atoms with Crippen molar-refractivity contribution in [1.29, 1.82) is 0 Å². The molecule has 1 atom stereocenters. The number of amides is 1. The van der Waals surface area contributed by atoms with Crippen LogP contribution >= 0.6 is 0 Å². The lowest BCUT2D eigenvalue weighted by Gasteiger charge is -2.61. The number of morpholine rings is 1. The summed E-state index contributed by atoms with van der Waals surface area (Å²) < 4.78 is 17.0. The summed E-state index contributed by atoms with van der Waals surface area (Å²) in [4.78, 5) is 15.9. The molecule has 4 aliphatic rings. The zero-order chi connectivity index (χ0) is 18.5. The quantitative estimate of drug-likeness (QED) is 0.820. The van der Waals surface area contributed by atoms with Gasteiger partial charge in [0.1, 0.15) is 11.4 Å². The molecule has 1 unspecified atom stereocenters. The molecule has 0 bridgehead atoms. The Hall–Kier alpha value is -1.59. The minimum absolute atomic E-state index is 0.285. The first-order valence-electron chi connectivity index (χ1n) is 10.2. The molecule has 0 aromatic heterocycles.